The number of aromatic nitrogens is 2. The standard InChI is InChI=1S/C14H8BrClN2O3/c15-9-3-2-8(16)6-11(9)18-12-5-7(13(19)20)1-4-10(12)17-14(18)21/h1-6H,(H,17,21)(H,19,20). The molecule has 0 bridgehead atoms. The van der Waals surface area contributed by atoms with E-state index in [0.29, 0.717) is 26.2 Å². The van der Waals surface area contributed by atoms with Crippen LogP contribution < -0.4 is 5.69 Å². The Morgan fingerprint density at radius 1 is 1.24 bits per heavy atom. The molecular formula is C14H8BrClN2O3. The summed E-state index contributed by atoms with van der Waals surface area (Å²) in [5.74, 6) is -1.05. The van der Waals surface area contributed by atoms with E-state index >= 15 is 0 Å². The predicted octanol–water partition coefficient (Wildman–Crippen LogP) is 3.43. The zero-order valence-electron chi connectivity index (χ0n) is 10.4. The highest BCUT2D eigenvalue weighted by Gasteiger charge is 2.14. The van der Waals surface area contributed by atoms with Crippen molar-refractivity contribution in [2.24, 2.45) is 0 Å². The summed E-state index contributed by atoms with van der Waals surface area (Å²) in [6, 6.07) is 9.51. The zero-order chi connectivity index (χ0) is 15.1. The second-order valence-electron chi connectivity index (χ2n) is 4.40. The van der Waals surface area contributed by atoms with Gasteiger partial charge < -0.3 is 10.1 Å². The van der Waals surface area contributed by atoms with Gasteiger partial charge in [-0.3, -0.25) is 4.57 Å². The fraction of sp³-hybridized carbons (Fsp3) is 0. The van der Waals surface area contributed by atoms with Gasteiger partial charge in [0.15, 0.2) is 0 Å². The van der Waals surface area contributed by atoms with Gasteiger partial charge in [-0.25, -0.2) is 9.59 Å². The number of nitrogens with one attached hydrogen (secondary N) is 1. The van der Waals surface area contributed by atoms with Gasteiger partial charge in [-0.1, -0.05) is 11.6 Å². The first kappa shape index (κ1) is 13.9. The van der Waals surface area contributed by atoms with Gasteiger partial charge in [0, 0.05) is 9.50 Å². The maximum Gasteiger partial charge on any atom is 0.335 e. The van der Waals surface area contributed by atoms with Crippen molar-refractivity contribution in [1.82, 2.24) is 9.55 Å². The SMILES string of the molecule is O=C(O)c1ccc2[nH]c(=O)n(-c3cc(Cl)ccc3Br)c2c1. The predicted molar refractivity (Wildman–Crippen MR) is 83.6 cm³/mol. The minimum atomic E-state index is -1.05. The summed E-state index contributed by atoms with van der Waals surface area (Å²) in [6.45, 7) is 0. The van der Waals surface area contributed by atoms with Crippen LogP contribution in [0.4, 0.5) is 0 Å². The van der Waals surface area contributed by atoms with Crippen LogP contribution in [0.5, 0.6) is 0 Å². The monoisotopic (exact) mass is 366 g/mol. The first-order chi connectivity index (χ1) is 9.97. The van der Waals surface area contributed by atoms with Crippen LogP contribution in [0.3, 0.4) is 0 Å². The highest BCUT2D eigenvalue weighted by Crippen LogP contribution is 2.26. The van der Waals surface area contributed by atoms with Gasteiger partial charge in [0.25, 0.3) is 0 Å². The maximum absolute atomic E-state index is 12.2. The number of imidazole rings is 1. The van der Waals surface area contributed by atoms with Gasteiger partial charge >= 0.3 is 11.7 Å². The molecule has 106 valence electrons. The summed E-state index contributed by atoms with van der Waals surface area (Å²) >= 11 is 9.35. The van der Waals surface area contributed by atoms with Gasteiger partial charge in [0.2, 0.25) is 0 Å². The summed E-state index contributed by atoms with van der Waals surface area (Å²) in [6.07, 6.45) is 0. The fourth-order valence-electron chi connectivity index (χ4n) is 2.13. The van der Waals surface area contributed by atoms with Crippen LogP contribution in [-0.2, 0) is 0 Å². The average Bonchev–Trinajstić information content (AvgIpc) is 2.76. The van der Waals surface area contributed by atoms with E-state index in [1.54, 1.807) is 24.3 Å². The number of carbonyl (C=O) groups is 1. The van der Waals surface area contributed by atoms with Crippen molar-refractivity contribution in [3.8, 4) is 5.69 Å². The van der Waals surface area contributed by atoms with Crippen molar-refractivity contribution in [1.29, 1.82) is 0 Å². The number of aromatic carboxylic acids is 1. The number of carboxylic acids is 1. The highest BCUT2D eigenvalue weighted by molar-refractivity contribution is 9.10. The van der Waals surface area contributed by atoms with Crippen molar-refractivity contribution in [3.05, 3.63) is 61.9 Å². The average molecular weight is 368 g/mol. The molecule has 0 saturated heterocycles. The van der Waals surface area contributed by atoms with Crippen LogP contribution in [0.2, 0.25) is 5.02 Å². The second kappa shape index (κ2) is 5.05. The molecule has 3 aromatic rings. The van der Waals surface area contributed by atoms with Gasteiger partial charge in [0.1, 0.15) is 0 Å². The number of hydrogen-bond donors (Lipinski definition) is 2. The fourth-order valence-corrected chi connectivity index (χ4v) is 2.72. The largest absolute Gasteiger partial charge is 0.478 e. The molecular weight excluding hydrogens is 360 g/mol. The Kier molecular flexibility index (Phi) is 3.35. The van der Waals surface area contributed by atoms with Crippen LogP contribution >= 0.6 is 27.5 Å². The molecule has 0 saturated carbocycles. The number of hydrogen-bond acceptors (Lipinski definition) is 2. The number of aromatic amines is 1. The van der Waals surface area contributed by atoms with E-state index in [2.05, 4.69) is 20.9 Å². The van der Waals surface area contributed by atoms with Crippen LogP contribution in [0.1, 0.15) is 10.4 Å². The molecule has 2 aromatic carbocycles. The summed E-state index contributed by atoms with van der Waals surface area (Å²) in [5, 5.41) is 9.56. The van der Waals surface area contributed by atoms with E-state index in [0.717, 1.165) is 0 Å². The lowest BCUT2D eigenvalue weighted by Gasteiger charge is -2.07. The molecule has 1 heterocycles. The molecule has 3 rings (SSSR count). The molecule has 0 atom stereocenters. The van der Waals surface area contributed by atoms with Gasteiger partial charge in [-0.15, -0.1) is 0 Å². The summed E-state index contributed by atoms with van der Waals surface area (Å²) in [4.78, 5) is 26.0. The van der Waals surface area contributed by atoms with E-state index in [1.807, 2.05) is 0 Å². The number of benzene rings is 2. The topological polar surface area (TPSA) is 75.1 Å². The number of H-pyrrole nitrogens is 1. The van der Waals surface area contributed by atoms with Crippen LogP contribution in [0.15, 0.2) is 45.7 Å². The molecule has 0 radical (unpaired) electrons. The van der Waals surface area contributed by atoms with Crippen molar-refractivity contribution in [2.75, 3.05) is 0 Å². The normalized spacial score (nSPS) is 11.0. The number of nitrogens with zero attached hydrogens (tertiary/aromatic N) is 1. The van der Waals surface area contributed by atoms with Crippen molar-refractivity contribution < 1.29 is 9.90 Å². The van der Waals surface area contributed by atoms with Crippen molar-refractivity contribution in [3.63, 3.8) is 0 Å². The van der Waals surface area contributed by atoms with Crippen LogP contribution in [0.25, 0.3) is 16.7 Å². The van der Waals surface area contributed by atoms with E-state index in [9.17, 15) is 9.59 Å². The second-order valence-corrected chi connectivity index (χ2v) is 5.69. The van der Waals surface area contributed by atoms with Crippen molar-refractivity contribution in [2.45, 2.75) is 0 Å². The third kappa shape index (κ3) is 2.36. The third-order valence-corrected chi connectivity index (χ3v) is 3.99. The number of rotatable bonds is 2. The molecule has 0 spiro atoms. The van der Waals surface area contributed by atoms with Gasteiger partial charge in [0.05, 0.1) is 22.3 Å². The van der Waals surface area contributed by atoms with Crippen LogP contribution in [-0.4, -0.2) is 20.6 Å². The Hall–Kier alpha value is -2.05. The lowest BCUT2D eigenvalue weighted by Crippen LogP contribution is -2.15. The molecule has 0 unspecified atom stereocenters. The molecule has 21 heavy (non-hydrogen) atoms. The molecule has 0 aliphatic rings. The molecule has 7 heteroatoms. The molecule has 0 aliphatic carbocycles. The zero-order valence-corrected chi connectivity index (χ0v) is 12.8. The Morgan fingerprint density at radius 3 is 2.71 bits per heavy atom. The van der Waals surface area contributed by atoms with E-state index in [-0.39, 0.29) is 11.3 Å². The van der Waals surface area contributed by atoms with Gasteiger partial charge in [-0.2, -0.15) is 0 Å². The first-order valence-electron chi connectivity index (χ1n) is 5.91. The quantitative estimate of drug-likeness (QED) is 0.728. The minimum absolute atomic E-state index is 0.105. The number of halogens is 2. The maximum atomic E-state index is 12.2. The van der Waals surface area contributed by atoms with E-state index < -0.39 is 5.97 Å². The summed E-state index contributed by atoms with van der Waals surface area (Å²) in [5.41, 5.74) is 1.31. The first-order valence-corrected chi connectivity index (χ1v) is 7.08. The summed E-state index contributed by atoms with van der Waals surface area (Å²) < 4.78 is 2.06. The van der Waals surface area contributed by atoms with Crippen molar-refractivity contribution >= 4 is 44.5 Å². The number of carboxylic acid groups (broad SMARTS) is 1. The molecule has 0 fully saturated rings. The van der Waals surface area contributed by atoms with Crippen LogP contribution in [0, 0.1) is 0 Å². The Bertz CT molecular complexity index is 930. The Balaban J connectivity index is 2.38. The third-order valence-electron chi connectivity index (χ3n) is 3.08. The minimum Gasteiger partial charge on any atom is -0.478 e. The lowest BCUT2D eigenvalue weighted by molar-refractivity contribution is 0.0697. The van der Waals surface area contributed by atoms with E-state index in [1.165, 1.54) is 16.7 Å². The molecule has 2 N–H and O–H groups in total. The molecule has 5 nitrogen and oxygen atoms in total. The summed E-state index contributed by atoms with van der Waals surface area (Å²) in [7, 11) is 0. The highest BCUT2D eigenvalue weighted by atomic mass is 79.9. The smallest absolute Gasteiger partial charge is 0.335 e. The lowest BCUT2D eigenvalue weighted by atomic mass is 10.2. The number of fused-ring (bicyclic) bond motifs is 1. The molecule has 0 aliphatic heterocycles. The molecule has 1 aromatic heterocycles. The Morgan fingerprint density at radius 2 is 2.00 bits per heavy atom. The van der Waals surface area contributed by atoms with E-state index in [4.69, 9.17) is 16.7 Å². The molecule has 0 amide bonds. The Labute approximate surface area is 131 Å². The van der Waals surface area contributed by atoms with Gasteiger partial charge in [-0.05, 0) is 52.3 Å².